The van der Waals surface area contributed by atoms with Crippen molar-refractivity contribution in [2.75, 3.05) is 11.2 Å². The van der Waals surface area contributed by atoms with E-state index in [1.807, 2.05) is 26.8 Å². The minimum Gasteiger partial charge on any atom is -0.310 e. The van der Waals surface area contributed by atoms with Crippen LogP contribution in [0.4, 0.5) is 5.82 Å². The van der Waals surface area contributed by atoms with Crippen LogP contribution < -0.4 is 5.32 Å². The zero-order valence-corrected chi connectivity index (χ0v) is 9.30. The van der Waals surface area contributed by atoms with Gasteiger partial charge in [-0.05, 0) is 20.8 Å². The minimum atomic E-state index is -0.214. The van der Waals surface area contributed by atoms with Gasteiger partial charge in [-0.15, -0.1) is 11.6 Å². The van der Waals surface area contributed by atoms with E-state index < -0.39 is 0 Å². The molecule has 0 aromatic carbocycles. The van der Waals surface area contributed by atoms with Gasteiger partial charge in [0.2, 0.25) is 5.91 Å². The number of aromatic nitrogens is 2. The third kappa shape index (κ3) is 2.48. The lowest BCUT2D eigenvalue weighted by atomic mass is 10.4. The summed E-state index contributed by atoms with van der Waals surface area (Å²) in [6.07, 6.45) is 0. The topological polar surface area (TPSA) is 46.9 Å². The molecule has 1 aromatic rings. The Morgan fingerprint density at radius 2 is 2.36 bits per heavy atom. The van der Waals surface area contributed by atoms with Gasteiger partial charge >= 0.3 is 0 Å². The summed E-state index contributed by atoms with van der Waals surface area (Å²) in [6.45, 7) is 5.89. The van der Waals surface area contributed by atoms with Gasteiger partial charge in [0.05, 0.1) is 5.69 Å². The molecule has 14 heavy (non-hydrogen) atoms. The molecule has 0 saturated heterocycles. The number of halogens is 1. The largest absolute Gasteiger partial charge is 0.310 e. The fourth-order valence-electron chi connectivity index (χ4n) is 1.18. The predicted molar refractivity (Wildman–Crippen MR) is 56.7 cm³/mol. The standard InChI is InChI=1S/C9H14ClN3O/c1-6(2)13-8(4-7(3)12-13)11-9(14)5-10/h4,6H,5H2,1-3H3,(H,11,14). The van der Waals surface area contributed by atoms with Gasteiger partial charge in [-0.2, -0.15) is 5.10 Å². The van der Waals surface area contributed by atoms with Gasteiger partial charge in [-0.3, -0.25) is 4.79 Å². The van der Waals surface area contributed by atoms with Gasteiger partial charge in [0.1, 0.15) is 11.7 Å². The molecular formula is C9H14ClN3O. The third-order valence-corrected chi connectivity index (χ3v) is 1.98. The highest BCUT2D eigenvalue weighted by atomic mass is 35.5. The van der Waals surface area contributed by atoms with Gasteiger partial charge in [0.25, 0.3) is 0 Å². The Kier molecular flexibility index (Phi) is 3.52. The number of alkyl halides is 1. The number of nitrogens with zero attached hydrogens (tertiary/aromatic N) is 2. The highest BCUT2D eigenvalue weighted by Crippen LogP contribution is 2.15. The van der Waals surface area contributed by atoms with E-state index in [-0.39, 0.29) is 17.8 Å². The first-order valence-corrected chi connectivity index (χ1v) is 5.00. The number of nitrogens with one attached hydrogen (secondary N) is 1. The van der Waals surface area contributed by atoms with Crippen LogP contribution in [-0.4, -0.2) is 21.6 Å². The molecule has 1 rings (SSSR count). The third-order valence-electron chi connectivity index (χ3n) is 1.74. The van der Waals surface area contributed by atoms with Crippen LogP contribution in [0.3, 0.4) is 0 Å². The van der Waals surface area contributed by atoms with Crippen molar-refractivity contribution in [2.24, 2.45) is 0 Å². The van der Waals surface area contributed by atoms with Gasteiger partial charge in [-0.1, -0.05) is 0 Å². The molecule has 0 unspecified atom stereocenters. The molecule has 0 aliphatic carbocycles. The average molecular weight is 216 g/mol. The molecular weight excluding hydrogens is 202 g/mol. The van der Waals surface area contributed by atoms with E-state index in [4.69, 9.17) is 11.6 Å². The van der Waals surface area contributed by atoms with Crippen LogP contribution in [0.2, 0.25) is 0 Å². The summed E-state index contributed by atoms with van der Waals surface area (Å²) < 4.78 is 1.76. The average Bonchev–Trinajstić information content (AvgIpc) is 2.46. The molecule has 0 saturated carbocycles. The van der Waals surface area contributed by atoms with Crippen molar-refractivity contribution in [2.45, 2.75) is 26.8 Å². The highest BCUT2D eigenvalue weighted by Gasteiger charge is 2.10. The van der Waals surface area contributed by atoms with Crippen LogP contribution in [-0.2, 0) is 4.79 Å². The van der Waals surface area contributed by atoms with Crippen molar-refractivity contribution in [3.05, 3.63) is 11.8 Å². The zero-order chi connectivity index (χ0) is 10.7. The summed E-state index contributed by atoms with van der Waals surface area (Å²) in [7, 11) is 0. The lowest BCUT2D eigenvalue weighted by Gasteiger charge is -2.10. The lowest BCUT2D eigenvalue weighted by molar-refractivity contribution is -0.114. The first-order valence-electron chi connectivity index (χ1n) is 4.46. The van der Waals surface area contributed by atoms with Gasteiger partial charge in [0, 0.05) is 12.1 Å². The fourth-order valence-corrected chi connectivity index (χ4v) is 1.25. The number of carbonyl (C=O) groups is 1. The maximum Gasteiger partial charge on any atom is 0.240 e. The second-order valence-corrected chi connectivity index (χ2v) is 3.66. The molecule has 5 heteroatoms. The molecule has 1 heterocycles. The number of hydrogen-bond acceptors (Lipinski definition) is 2. The summed E-state index contributed by atoms with van der Waals surface area (Å²) in [4.78, 5) is 11.1. The fraction of sp³-hybridized carbons (Fsp3) is 0.556. The Bertz CT molecular complexity index is 333. The second kappa shape index (κ2) is 4.46. The molecule has 0 atom stereocenters. The number of anilines is 1. The summed E-state index contributed by atoms with van der Waals surface area (Å²) in [5, 5.41) is 6.95. The minimum absolute atomic E-state index is 0.0394. The Morgan fingerprint density at radius 1 is 1.71 bits per heavy atom. The van der Waals surface area contributed by atoms with Gasteiger partial charge in [-0.25, -0.2) is 4.68 Å². The number of hydrogen-bond donors (Lipinski definition) is 1. The molecule has 0 radical (unpaired) electrons. The molecule has 0 aliphatic heterocycles. The second-order valence-electron chi connectivity index (χ2n) is 3.39. The summed E-state index contributed by atoms with van der Waals surface area (Å²) in [5.74, 6) is 0.444. The molecule has 0 bridgehead atoms. The van der Waals surface area contributed by atoms with Crippen molar-refractivity contribution >= 4 is 23.3 Å². The maximum absolute atomic E-state index is 11.1. The SMILES string of the molecule is Cc1cc(NC(=O)CCl)n(C(C)C)n1. The Labute approximate surface area is 88.2 Å². The van der Waals surface area contributed by atoms with E-state index in [9.17, 15) is 4.79 Å². The van der Waals surface area contributed by atoms with Crippen molar-refractivity contribution < 1.29 is 4.79 Å². The number of aryl methyl sites for hydroxylation is 1. The van der Waals surface area contributed by atoms with Gasteiger partial charge < -0.3 is 5.32 Å². The normalized spacial score (nSPS) is 10.6. The molecule has 0 aliphatic rings. The van der Waals surface area contributed by atoms with Crippen LogP contribution in [0.1, 0.15) is 25.6 Å². The summed E-state index contributed by atoms with van der Waals surface area (Å²) in [6, 6.07) is 2.04. The van der Waals surface area contributed by atoms with E-state index in [1.165, 1.54) is 0 Å². The first kappa shape index (κ1) is 11.0. The molecule has 0 spiro atoms. The van der Waals surface area contributed by atoms with Crippen molar-refractivity contribution in [1.29, 1.82) is 0 Å². The molecule has 4 nitrogen and oxygen atoms in total. The van der Waals surface area contributed by atoms with E-state index in [1.54, 1.807) is 4.68 Å². The molecule has 78 valence electrons. The van der Waals surface area contributed by atoms with Gasteiger partial charge in [0.15, 0.2) is 0 Å². The number of rotatable bonds is 3. The highest BCUT2D eigenvalue weighted by molar-refractivity contribution is 6.29. The van der Waals surface area contributed by atoms with E-state index >= 15 is 0 Å². The summed E-state index contributed by atoms with van der Waals surface area (Å²) in [5.41, 5.74) is 0.878. The van der Waals surface area contributed by atoms with Crippen LogP contribution in [0.5, 0.6) is 0 Å². The Balaban J connectivity index is 2.89. The van der Waals surface area contributed by atoms with E-state index in [2.05, 4.69) is 10.4 Å². The summed E-state index contributed by atoms with van der Waals surface area (Å²) >= 11 is 5.40. The molecule has 1 aromatic heterocycles. The maximum atomic E-state index is 11.1. The predicted octanol–water partition coefficient (Wildman–Crippen LogP) is 1.95. The lowest BCUT2D eigenvalue weighted by Crippen LogP contribution is -2.17. The van der Waals surface area contributed by atoms with Crippen LogP contribution in [0.15, 0.2) is 6.07 Å². The monoisotopic (exact) mass is 215 g/mol. The van der Waals surface area contributed by atoms with E-state index in [0.29, 0.717) is 5.82 Å². The Hall–Kier alpha value is -1.03. The quantitative estimate of drug-likeness (QED) is 0.784. The molecule has 0 fully saturated rings. The van der Waals surface area contributed by atoms with Crippen LogP contribution >= 0.6 is 11.6 Å². The van der Waals surface area contributed by atoms with Crippen LogP contribution in [0, 0.1) is 6.92 Å². The van der Waals surface area contributed by atoms with E-state index in [0.717, 1.165) is 5.69 Å². The first-order chi connectivity index (χ1) is 6.54. The molecule has 1 amide bonds. The van der Waals surface area contributed by atoms with Crippen molar-refractivity contribution in [1.82, 2.24) is 9.78 Å². The van der Waals surface area contributed by atoms with Crippen molar-refractivity contribution in [3.8, 4) is 0 Å². The Morgan fingerprint density at radius 3 is 2.86 bits per heavy atom. The number of carbonyl (C=O) groups excluding carboxylic acids is 1. The smallest absolute Gasteiger partial charge is 0.240 e. The molecule has 1 N–H and O–H groups in total. The van der Waals surface area contributed by atoms with Crippen LogP contribution in [0.25, 0.3) is 0 Å². The van der Waals surface area contributed by atoms with Crippen molar-refractivity contribution in [3.63, 3.8) is 0 Å². The number of amides is 1. The zero-order valence-electron chi connectivity index (χ0n) is 8.54.